The van der Waals surface area contributed by atoms with Gasteiger partial charge in [0.25, 0.3) is 5.91 Å². The van der Waals surface area contributed by atoms with Gasteiger partial charge in [-0.15, -0.1) is 0 Å². The Morgan fingerprint density at radius 1 is 1.67 bits per heavy atom. The van der Waals surface area contributed by atoms with Crippen molar-refractivity contribution in [1.29, 1.82) is 0 Å². The van der Waals surface area contributed by atoms with Crippen LogP contribution in [-0.4, -0.2) is 10.5 Å². The first kappa shape index (κ1) is 4.61. The van der Waals surface area contributed by atoms with Crippen LogP contribution in [0.4, 0.5) is 0 Å². The lowest BCUT2D eigenvalue weighted by atomic mass is 10.4. The molecule has 3 nitrogen and oxygen atoms in total. The molecule has 0 saturated heterocycles. The standard InChI is InChI=1S/C6H6N2O/c9-6-5-2-1-3-8(5)4-7-6/h1-3H,4H2,(H,7,9). The number of nitrogens with zero attached hydrogens (tertiary/aromatic N) is 1. The van der Waals surface area contributed by atoms with Crippen LogP contribution in [0, 0.1) is 0 Å². The average Bonchev–Trinajstić information content (AvgIpc) is 2.35. The molecule has 1 amide bonds. The zero-order chi connectivity index (χ0) is 6.27. The van der Waals surface area contributed by atoms with Crippen LogP contribution in [0.5, 0.6) is 0 Å². The summed E-state index contributed by atoms with van der Waals surface area (Å²) in [5.74, 6) is 0.0278. The van der Waals surface area contributed by atoms with E-state index in [2.05, 4.69) is 5.32 Å². The molecule has 1 aliphatic heterocycles. The van der Waals surface area contributed by atoms with Crippen molar-refractivity contribution in [3.63, 3.8) is 0 Å². The molecule has 3 heteroatoms. The molecule has 0 bridgehead atoms. The van der Waals surface area contributed by atoms with E-state index in [0.717, 1.165) is 5.69 Å². The molecule has 0 spiro atoms. The molecule has 46 valence electrons. The molecule has 2 heterocycles. The Kier molecular flexibility index (Phi) is 0.704. The third kappa shape index (κ3) is 0.483. The molecule has 0 aliphatic carbocycles. The molecule has 1 aromatic rings. The maximum atomic E-state index is 10.8. The van der Waals surface area contributed by atoms with Crippen molar-refractivity contribution in [3.8, 4) is 0 Å². The van der Waals surface area contributed by atoms with Crippen molar-refractivity contribution in [2.45, 2.75) is 6.67 Å². The number of aromatic nitrogens is 1. The normalized spacial score (nSPS) is 15.3. The van der Waals surface area contributed by atoms with E-state index in [4.69, 9.17) is 0 Å². The van der Waals surface area contributed by atoms with Gasteiger partial charge in [0, 0.05) is 6.20 Å². The fourth-order valence-corrected chi connectivity index (χ4v) is 1.01. The summed E-state index contributed by atoms with van der Waals surface area (Å²) in [7, 11) is 0. The van der Waals surface area contributed by atoms with Crippen LogP contribution in [-0.2, 0) is 6.67 Å². The maximum absolute atomic E-state index is 10.8. The molecule has 1 N–H and O–H groups in total. The van der Waals surface area contributed by atoms with Gasteiger partial charge in [0.15, 0.2) is 0 Å². The Balaban J connectivity index is 2.61. The molecule has 0 unspecified atom stereocenters. The van der Waals surface area contributed by atoms with Crippen LogP contribution in [0.25, 0.3) is 0 Å². The second-order valence-corrected chi connectivity index (χ2v) is 2.03. The largest absolute Gasteiger partial charge is 0.333 e. The van der Waals surface area contributed by atoms with Crippen LogP contribution < -0.4 is 5.32 Å². The highest BCUT2D eigenvalue weighted by Gasteiger charge is 2.15. The summed E-state index contributed by atoms with van der Waals surface area (Å²) >= 11 is 0. The second kappa shape index (κ2) is 1.37. The summed E-state index contributed by atoms with van der Waals surface area (Å²) < 4.78 is 1.88. The lowest BCUT2D eigenvalue weighted by Crippen LogP contribution is -2.12. The number of nitrogens with one attached hydrogen (secondary N) is 1. The number of fused-ring (bicyclic) bond motifs is 1. The molecular weight excluding hydrogens is 116 g/mol. The lowest BCUT2D eigenvalue weighted by molar-refractivity contribution is 0.0966. The van der Waals surface area contributed by atoms with Crippen molar-refractivity contribution < 1.29 is 4.79 Å². The van der Waals surface area contributed by atoms with Crippen LogP contribution in [0.2, 0.25) is 0 Å². The highest BCUT2D eigenvalue weighted by Crippen LogP contribution is 2.05. The predicted octanol–water partition coefficient (Wildman–Crippen LogP) is 0.189. The Labute approximate surface area is 52.3 Å². The highest BCUT2D eigenvalue weighted by molar-refractivity contribution is 5.94. The maximum Gasteiger partial charge on any atom is 0.269 e. The first-order chi connectivity index (χ1) is 4.38. The smallest absolute Gasteiger partial charge is 0.269 e. The van der Waals surface area contributed by atoms with E-state index in [1.165, 1.54) is 0 Å². The summed E-state index contributed by atoms with van der Waals surface area (Å²) in [4.78, 5) is 10.8. The number of hydrogen-bond acceptors (Lipinski definition) is 1. The van der Waals surface area contributed by atoms with Gasteiger partial charge in [0.2, 0.25) is 0 Å². The quantitative estimate of drug-likeness (QED) is 0.523. The summed E-state index contributed by atoms with van der Waals surface area (Å²) in [6, 6.07) is 3.68. The number of amides is 1. The number of rotatable bonds is 0. The molecular formula is C6H6N2O. The van der Waals surface area contributed by atoms with Crippen LogP contribution >= 0.6 is 0 Å². The Hall–Kier alpha value is -1.25. The van der Waals surface area contributed by atoms with Gasteiger partial charge in [0.1, 0.15) is 5.69 Å². The van der Waals surface area contributed by atoms with E-state index in [1.807, 2.05) is 22.9 Å². The van der Waals surface area contributed by atoms with Gasteiger partial charge in [0.05, 0.1) is 6.67 Å². The zero-order valence-corrected chi connectivity index (χ0v) is 4.79. The number of carbonyl (C=O) groups is 1. The van der Waals surface area contributed by atoms with Crippen LogP contribution in [0.15, 0.2) is 18.3 Å². The van der Waals surface area contributed by atoms with Crippen molar-refractivity contribution in [2.75, 3.05) is 0 Å². The van der Waals surface area contributed by atoms with Crippen LogP contribution in [0.3, 0.4) is 0 Å². The fourth-order valence-electron chi connectivity index (χ4n) is 1.01. The monoisotopic (exact) mass is 122 g/mol. The van der Waals surface area contributed by atoms with Crippen molar-refractivity contribution >= 4 is 5.91 Å². The molecule has 0 radical (unpaired) electrons. The molecule has 0 atom stereocenters. The van der Waals surface area contributed by atoms with Gasteiger partial charge in [-0.25, -0.2) is 0 Å². The van der Waals surface area contributed by atoms with Gasteiger partial charge in [-0.3, -0.25) is 4.79 Å². The molecule has 0 saturated carbocycles. The van der Waals surface area contributed by atoms with E-state index in [-0.39, 0.29) is 5.91 Å². The number of hydrogen-bond donors (Lipinski definition) is 1. The second-order valence-electron chi connectivity index (χ2n) is 2.03. The van der Waals surface area contributed by atoms with E-state index in [0.29, 0.717) is 6.67 Å². The number of carbonyl (C=O) groups excluding carboxylic acids is 1. The minimum Gasteiger partial charge on any atom is -0.333 e. The Bertz CT molecular complexity index is 251. The topological polar surface area (TPSA) is 34.0 Å². The first-order valence-electron chi connectivity index (χ1n) is 2.81. The third-order valence-electron chi connectivity index (χ3n) is 1.47. The molecule has 2 rings (SSSR count). The molecule has 0 aromatic carbocycles. The highest BCUT2D eigenvalue weighted by atomic mass is 16.2. The summed E-state index contributed by atoms with van der Waals surface area (Å²) in [6.45, 7) is 0.626. The van der Waals surface area contributed by atoms with Gasteiger partial charge >= 0.3 is 0 Å². The van der Waals surface area contributed by atoms with Crippen molar-refractivity contribution in [3.05, 3.63) is 24.0 Å². The minimum atomic E-state index is 0.0278. The van der Waals surface area contributed by atoms with Gasteiger partial charge < -0.3 is 9.88 Å². The summed E-state index contributed by atoms with van der Waals surface area (Å²) in [5.41, 5.74) is 0.759. The van der Waals surface area contributed by atoms with Gasteiger partial charge in [-0.1, -0.05) is 0 Å². The molecule has 0 fully saturated rings. The van der Waals surface area contributed by atoms with E-state index in [9.17, 15) is 4.79 Å². The first-order valence-corrected chi connectivity index (χ1v) is 2.81. The van der Waals surface area contributed by atoms with E-state index < -0.39 is 0 Å². The fraction of sp³-hybridized carbons (Fsp3) is 0.167. The summed E-state index contributed by atoms with van der Waals surface area (Å²) in [5, 5.41) is 2.69. The van der Waals surface area contributed by atoms with E-state index in [1.54, 1.807) is 0 Å². The summed E-state index contributed by atoms with van der Waals surface area (Å²) in [6.07, 6.45) is 1.88. The average molecular weight is 122 g/mol. The minimum absolute atomic E-state index is 0.0278. The Morgan fingerprint density at radius 2 is 2.56 bits per heavy atom. The molecule has 9 heavy (non-hydrogen) atoms. The van der Waals surface area contributed by atoms with Crippen molar-refractivity contribution in [2.24, 2.45) is 0 Å². The predicted molar refractivity (Wildman–Crippen MR) is 31.9 cm³/mol. The molecule has 1 aliphatic rings. The van der Waals surface area contributed by atoms with Gasteiger partial charge in [-0.2, -0.15) is 0 Å². The Morgan fingerprint density at radius 3 is 3.33 bits per heavy atom. The molecule has 1 aromatic heterocycles. The third-order valence-corrected chi connectivity index (χ3v) is 1.47. The zero-order valence-electron chi connectivity index (χ0n) is 4.79. The SMILES string of the molecule is O=C1NCn2cccc21. The van der Waals surface area contributed by atoms with Gasteiger partial charge in [-0.05, 0) is 12.1 Å². The van der Waals surface area contributed by atoms with Crippen molar-refractivity contribution in [1.82, 2.24) is 9.88 Å². The van der Waals surface area contributed by atoms with E-state index >= 15 is 0 Å². The van der Waals surface area contributed by atoms with Crippen LogP contribution in [0.1, 0.15) is 10.5 Å². The lowest BCUT2D eigenvalue weighted by Gasteiger charge is -1.88.